The van der Waals surface area contributed by atoms with Crippen LogP contribution in [-0.4, -0.2) is 35.8 Å². The number of aromatic nitrogens is 2. The molecule has 1 amide bonds. The molecular formula is C24H26N4O2. The molecule has 1 aromatic heterocycles. The molecular weight excluding hydrogens is 376 g/mol. The number of benzene rings is 2. The minimum absolute atomic E-state index is 0.0416. The largest absolute Gasteiger partial charge is 0.484 e. The third kappa shape index (κ3) is 4.95. The molecule has 2 heterocycles. The van der Waals surface area contributed by atoms with Crippen LogP contribution in [0.5, 0.6) is 5.75 Å². The van der Waals surface area contributed by atoms with Crippen molar-refractivity contribution < 1.29 is 9.53 Å². The van der Waals surface area contributed by atoms with Gasteiger partial charge < -0.3 is 15.0 Å². The fourth-order valence-electron chi connectivity index (χ4n) is 3.52. The fourth-order valence-corrected chi connectivity index (χ4v) is 3.52. The summed E-state index contributed by atoms with van der Waals surface area (Å²) in [6.45, 7) is 4.14. The van der Waals surface area contributed by atoms with Crippen LogP contribution in [0.3, 0.4) is 0 Å². The number of hydrogen-bond acceptors (Lipinski definition) is 5. The average molecular weight is 402 g/mol. The molecule has 0 aliphatic carbocycles. The van der Waals surface area contributed by atoms with Crippen LogP contribution in [-0.2, 0) is 11.2 Å². The number of hydrogen-bond donors (Lipinski definition) is 1. The number of rotatable bonds is 7. The number of carbonyl (C=O) groups is 1. The first-order valence-electron chi connectivity index (χ1n) is 10.4. The Bertz CT molecular complexity index is 981. The highest BCUT2D eigenvalue weighted by Crippen LogP contribution is 2.23. The zero-order chi connectivity index (χ0) is 20.8. The first-order chi connectivity index (χ1) is 14.7. The number of carbonyl (C=O) groups excluding carboxylic acids is 1. The number of nitrogens with one attached hydrogen (secondary N) is 1. The van der Waals surface area contributed by atoms with E-state index in [1.807, 2.05) is 60.7 Å². The van der Waals surface area contributed by atoms with Gasteiger partial charge >= 0.3 is 0 Å². The Kier molecular flexibility index (Phi) is 6.23. The molecule has 0 bridgehead atoms. The molecule has 0 spiro atoms. The molecule has 30 heavy (non-hydrogen) atoms. The van der Waals surface area contributed by atoms with E-state index in [1.54, 1.807) is 0 Å². The summed E-state index contributed by atoms with van der Waals surface area (Å²) in [5.41, 5.74) is 3.62. The number of aryl methyl sites for hydroxylation is 1. The predicted octanol–water partition coefficient (Wildman–Crippen LogP) is 4.32. The van der Waals surface area contributed by atoms with Gasteiger partial charge in [0, 0.05) is 24.3 Å². The van der Waals surface area contributed by atoms with Crippen LogP contribution in [0.15, 0.2) is 60.7 Å². The van der Waals surface area contributed by atoms with E-state index in [1.165, 1.54) is 18.4 Å². The maximum absolute atomic E-state index is 12.3. The van der Waals surface area contributed by atoms with E-state index in [4.69, 9.17) is 4.74 Å². The Hall–Kier alpha value is -3.41. The molecule has 6 heteroatoms. The van der Waals surface area contributed by atoms with E-state index < -0.39 is 0 Å². The summed E-state index contributed by atoms with van der Waals surface area (Å²) in [7, 11) is 0. The van der Waals surface area contributed by atoms with Gasteiger partial charge in [-0.15, -0.1) is 10.2 Å². The van der Waals surface area contributed by atoms with Crippen molar-refractivity contribution in [2.45, 2.75) is 26.2 Å². The van der Waals surface area contributed by atoms with Crippen LogP contribution < -0.4 is 15.0 Å². The van der Waals surface area contributed by atoms with Crippen molar-refractivity contribution >= 4 is 17.4 Å². The van der Waals surface area contributed by atoms with Crippen LogP contribution >= 0.6 is 0 Å². The first-order valence-corrected chi connectivity index (χ1v) is 10.4. The van der Waals surface area contributed by atoms with Gasteiger partial charge in [-0.2, -0.15) is 0 Å². The van der Waals surface area contributed by atoms with Crippen LogP contribution in [0, 0.1) is 0 Å². The fraction of sp³-hybridized carbons (Fsp3) is 0.292. The van der Waals surface area contributed by atoms with Crippen molar-refractivity contribution in [3.05, 3.63) is 66.2 Å². The van der Waals surface area contributed by atoms with Crippen molar-refractivity contribution in [1.29, 1.82) is 0 Å². The van der Waals surface area contributed by atoms with E-state index in [-0.39, 0.29) is 12.5 Å². The smallest absolute Gasteiger partial charge is 0.262 e. The van der Waals surface area contributed by atoms with Crippen molar-refractivity contribution in [1.82, 2.24) is 10.2 Å². The minimum Gasteiger partial charge on any atom is -0.484 e. The van der Waals surface area contributed by atoms with Gasteiger partial charge in [-0.1, -0.05) is 31.2 Å². The maximum atomic E-state index is 12.3. The van der Waals surface area contributed by atoms with Gasteiger partial charge in [0.1, 0.15) is 5.75 Å². The van der Waals surface area contributed by atoms with Gasteiger partial charge in [0.25, 0.3) is 5.91 Å². The highest BCUT2D eigenvalue weighted by Gasteiger charge is 2.14. The van der Waals surface area contributed by atoms with Crippen LogP contribution in [0.4, 0.5) is 11.5 Å². The topological polar surface area (TPSA) is 67.3 Å². The standard InChI is InChI=1S/C24H26N4O2/c1-2-18-8-10-21(11-9-18)30-17-24(29)25-20-7-5-6-19(16-20)22-12-13-23(27-26-22)28-14-3-4-15-28/h5-13,16H,2-4,14-15,17H2,1H3,(H,25,29). The van der Waals surface area contributed by atoms with Crippen LogP contribution in [0.1, 0.15) is 25.3 Å². The van der Waals surface area contributed by atoms with Crippen LogP contribution in [0.2, 0.25) is 0 Å². The molecule has 1 N–H and O–H groups in total. The molecule has 3 aromatic rings. The summed E-state index contributed by atoms with van der Waals surface area (Å²) < 4.78 is 5.58. The highest BCUT2D eigenvalue weighted by molar-refractivity contribution is 5.92. The van der Waals surface area contributed by atoms with Gasteiger partial charge in [0.05, 0.1) is 5.69 Å². The van der Waals surface area contributed by atoms with Gasteiger partial charge in [-0.05, 0) is 61.2 Å². The number of ether oxygens (including phenoxy) is 1. The van der Waals surface area contributed by atoms with E-state index >= 15 is 0 Å². The molecule has 6 nitrogen and oxygen atoms in total. The van der Waals surface area contributed by atoms with Crippen molar-refractivity contribution in [3.63, 3.8) is 0 Å². The number of nitrogens with zero attached hydrogens (tertiary/aromatic N) is 3. The Labute approximate surface area is 176 Å². The Morgan fingerprint density at radius 3 is 2.53 bits per heavy atom. The Morgan fingerprint density at radius 2 is 1.83 bits per heavy atom. The average Bonchev–Trinajstić information content (AvgIpc) is 3.33. The van der Waals surface area contributed by atoms with Gasteiger partial charge in [0.15, 0.2) is 12.4 Å². The van der Waals surface area contributed by atoms with E-state index in [0.717, 1.165) is 36.6 Å². The van der Waals surface area contributed by atoms with Gasteiger partial charge in [0.2, 0.25) is 0 Å². The molecule has 1 aliphatic heterocycles. The van der Waals surface area contributed by atoms with Crippen molar-refractivity contribution in [2.24, 2.45) is 0 Å². The molecule has 1 aliphatic rings. The lowest BCUT2D eigenvalue weighted by molar-refractivity contribution is -0.118. The molecule has 0 atom stereocenters. The third-order valence-corrected chi connectivity index (χ3v) is 5.22. The number of amides is 1. The van der Waals surface area contributed by atoms with E-state index in [9.17, 15) is 4.79 Å². The second kappa shape index (κ2) is 9.39. The van der Waals surface area contributed by atoms with Gasteiger partial charge in [-0.25, -0.2) is 0 Å². The van der Waals surface area contributed by atoms with E-state index in [0.29, 0.717) is 11.4 Å². The summed E-state index contributed by atoms with van der Waals surface area (Å²) in [5, 5.41) is 11.6. The lowest BCUT2D eigenvalue weighted by atomic mass is 10.1. The third-order valence-electron chi connectivity index (χ3n) is 5.22. The van der Waals surface area contributed by atoms with Crippen LogP contribution in [0.25, 0.3) is 11.3 Å². The molecule has 2 aromatic carbocycles. The Balaban J connectivity index is 1.36. The molecule has 154 valence electrons. The summed E-state index contributed by atoms with van der Waals surface area (Å²) in [6.07, 6.45) is 3.39. The maximum Gasteiger partial charge on any atom is 0.262 e. The van der Waals surface area contributed by atoms with Crippen molar-refractivity contribution in [2.75, 3.05) is 29.9 Å². The number of anilines is 2. The predicted molar refractivity (Wildman–Crippen MR) is 119 cm³/mol. The molecule has 1 saturated heterocycles. The zero-order valence-corrected chi connectivity index (χ0v) is 17.2. The Morgan fingerprint density at radius 1 is 1.03 bits per heavy atom. The minimum atomic E-state index is -0.206. The molecule has 0 saturated carbocycles. The summed E-state index contributed by atoms with van der Waals surface area (Å²) in [4.78, 5) is 14.5. The monoisotopic (exact) mass is 402 g/mol. The summed E-state index contributed by atoms with van der Waals surface area (Å²) in [6, 6.07) is 19.4. The molecule has 1 fully saturated rings. The molecule has 0 radical (unpaired) electrons. The lowest BCUT2D eigenvalue weighted by Gasteiger charge is -2.15. The normalized spacial score (nSPS) is 13.3. The molecule has 0 unspecified atom stereocenters. The first kappa shape index (κ1) is 19.9. The molecule has 4 rings (SSSR count). The zero-order valence-electron chi connectivity index (χ0n) is 17.2. The summed E-state index contributed by atoms with van der Waals surface area (Å²) in [5.74, 6) is 1.40. The highest BCUT2D eigenvalue weighted by atomic mass is 16.5. The summed E-state index contributed by atoms with van der Waals surface area (Å²) >= 11 is 0. The quantitative estimate of drug-likeness (QED) is 0.637. The van der Waals surface area contributed by atoms with Crippen molar-refractivity contribution in [3.8, 4) is 17.0 Å². The van der Waals surface area contributed by atoms with E-state index in [2.05, 4.69) is 27.3 Å². The second-order valence-electron chi connectivity index (χ2n) is 7.39. The second-order valence-corrected chi connectivity index (χ2v) is 7.39. The lowest BCUT2D eigenvalue weighted by Crippen LogP contribution is -2.20. The van der Waals surface area contributed by atoms with Gasteiger partial charge in [-0.3, -0.25) is 4.79 Å². The SMILES string of the molecule is CCc1ccc(OCC(=O)Nc2cccc(-c3ccc(N4CCCC4)nn3)c2)cc1.